The van der Waals surface area contributed by atoms with Crippen LogP contribution in [0.5, 0.6) is 5.75 Å². The molecule has 0 radical (unpaired) electrons. The number of amides is 1. The van der Waals surface area contributed by atoms with Crippen LogP contribution in [0.25, 0.3) is 5.76 Å². The van der Waals surface area contributed by atoms with Crippen molar-refractivity contribution in [2.75, 3.05) is 46.0 Å². The Bertz CT molecular complexity index is 994. The first kappa shape index (κ1) is 22.3. The second-order valence-corrected chi connectivity index (χ2v) is 8.57. The van der Waals surface area contributed by atoms with Crippen LogP contribution in [-0.2, 0) is 14.3 Å². The fourth-order valence-corrected chi connectivity index (χ4v) is 4.79. The van der Waals surface area contributed by atoms with E-state index >= 15 is 0 Å². The average molecular weight is 455 g/mol. The first-order valence-electron chi connectivity index (χ1n) is 10.6. The van der Waals surface area contributed by atoms with E-state index in [0.717, 1.165) is 18.0 Å². The van der Waals surface area contributed by atoms with Crippen molar-refractivity contribution in [3.05, 3.63) is 70.4 Å². The molecule has 8 heteroatoms. The standard InChI is InChI=1S/C24H26N2O5S/c1-2-13-31-18-7-5-17(6-8-18)22(27)20-21(19-4-3-16-32-19)26(24(29)23(20)28)10-9-25-11-14-30-15-12-25/h2-8,16,21,27H,1,9-15H2/b22-20-. The maximum Gasteiger partial charge on any atom is 0.295 e. The van der Waals surface area contributed by atoms with Crippen molar-refractivity contribution in [2.24, 2.45) is 0 Å². The van der Waals surface area contributed by atoms with E-state index in [1.165, 1.54) is 11.3 Å². The number of benzene rings is 1. The van der Waals surface area contributed by atoms with Crippen LogP contribution in [0.4, 0.5) is 0 Å². The van der Waals surface area contributed by atoms with Crippen LogP contribution in [0, 0.1) is 0 Å². The van der Waals surface area contributed by atoms with Gasteiger partial charge in [-0.3, -0.25) is 14.5 Å². The number of morpholine rings is 1. The van der Waals surface area contributed by atoms with Gasteiger partial charge in [0, 0.05) is 36.6 Å². The van der Waals surface area contributed by atoms with Crippen LogP contribution in [0.15, 0.2) is 60.0 Å². The normalized spacial score (nSPS) is 21.1. The number of hydrogen-bond donors (Lipinski definition) is 1. The van der Waals surface area contributed by atoms with E-state index < -0.39 is 17.7 Å². The summed E-state index contributed by atoms with van der Waals surface area (Å²) in [6.07, 6.45) is 1.65. The third-order valence-corrected chi connectivity index (χ3v) is 6.53. The first-order chi connectivity index (χ1) is 15.6. The number of thiophene rings is 1. The number of hydrogen-bond acceptors (Lipinski definition) is 7. The highest BCUT2D eigenvalue weighted by molar-refractivity contribution is 7.10. The lowest BCUT2D eigenvalue weighted by Gasteiger charge is -2.30. The molecule has 1 atom stereocenters. The molecule has 0 spiro atoms. The zero-order chi connectivity index (χ0) is 22.5. The number of carbonyl (C=O) groups is 2. The van der Waals surface area contributed by atoms with Gasteiger partial charge in [-0.05, 0) is 35.7 Å². The molecule has 1 N–H and O–H groups in total. The SMILES string of the molecule is C=CCOc1ccc(/C(O)=C2/C(=O)C(=O)N(CCN3CCOCC3)C2c2cccs2)cc1. The van der Waals surface area contributed by atoms with Crippen molar-refractivity contribution in [3.63, 3.8) is 0 Å². The molecule has 2 aliphatic rings. The quantitative estimate of drug-likeness (QED) is 0.286. The van der Waals surface area contributed by atoms with Crippen molar-refractivity contribution in [1.29, 1.82) is 0 Å². The maximum atomic E-state index is 13.0. The molecular weight excluding hydrogens is 428 g/mol. The summed E-state index contributed by atoms with van der Waals surface area (Å²) in [5.41, 5.74) is 0.586. The zero-order valence-electron chi connectivity index (χ0n) is 17.7. The summed E-state index contributed by atoms with van der Waals surface area (Å²) in [5, 5.41) is 13.0. The summed E-state index contributed by atoms with van der Waals surface area (Å²) in [6.45, 7) is 7.97. The molecule has 32 heavy (non-hydrogen) atoms. The van der Waals surface area contributed by atoms with Gasteiger partial charge in [0.15, 0.2) is 0 Å². The molecule has 3 heterocycles. The minimum absolute atomic E-state index is 0.124. The second-order valence-electron chi connectivity index (χ2n) is 7.59. The molecule has 0 aliphatic carbocycles. The molecule has 168 valence electrons. The van der Waals surface area contributed by atoms with E-state index in [-0.39, 0.29) is 11.3 Å². The summed E-state index contributed by atoms with van der Waals surface area (Å²) in [6, 6.07) is 9.96. The van der Waals surface area contributed by atoms with E-state index in [4.69, 9.17) is 9.47 Å². The van der Waals surface area contributed by atoms with Crippen LogP contribution in [0.3, 0.4) is 0 Å². The number of aliphatic hydroxyl groups is 1. The summed E-state index contributed by atoms with van der Waals surface area (Å²) in [5.74, 6) is -0.785. The Morgan fingerprint density at radius 2 is 1.94 bits per heavy atom. The van der Waals surface area contributed by atoms with Crippen molar-refractivity contribution in [3.8, 4) is 5.75 Å². The Kier molecular flexibility index (Phi) is 7.04. The van der Waals surface area contributed by atoms with Gasteiger partial charge in [-0.25, -0.2) is 0 Å². The van der Waals surface area contributed by atoms with E-state index in [1.807, 2.05) is 17.5 Å². The molecule has 1 aromatic heterocycles. The van der Waals surface area contributed by atoms with Gasteiger partial charge in [0.2, 0.25) is 0 Å². The van der Waals surface area contributed by atoms with Crippen LogP contribution >= 0.6 is 11.3 Å². The minimum atomic E-state index is -0.658. The van der Waals surface area contributed by atoms with Crippen LogP contribution in [0.1, 0.15) is 16.5 Å². The summed E-state index contributed by atoms with van der Waals surface area (Å²) in [7, 11) is 0. The first-order valence-corrected chi connectivity index (χ1v) is 11.4. The zero-order valence-corrected chi connectivity index (χ0v) is 18.6. The van der Waals surface area contributed by atoms with Crippen molar-refractivity contribution in [2.45, 2.75) is 6.04 Å². The van der Waals surface area contributed by atoms with E-state index in [0.29, 0.717) is 44.2 Å². The third-order valence-electron chi connectivity index (χ3n) is 5.61. The molecule has 1 aromatic carbocycles. The molecule has 2 saturated heterocycles. The van der Waals surface area contributed by atoms with E-state index in [1.54, 1.807) is 35.2 Å². The van der Waals surface area contributed by atoms with Gasteiger partial charge in [-0.15, -0.1) is 11.3 Å². The summed E-state index contributed by atoms with van der Waals surface area (Å²) in [4.78, 5) is 30.6. The highest BCUT2D eigenvalue weighted by Gasteiger charge is 2.46. The molecular formula is C24H26N2O5S. The fraction of sp³-hybridized carbons (Fsp3) is 0.333. The number of nitrogens with zero attached hydrogens (tertiary/aromatic N) is 2. The third kappa shape index (κ3) is 4.62. The molecule has 2 aliphatic heterocycles. The number of Topliss-reactive ketones (excluding diaryl/α,β-unsaturated/α-hetero) is 1. The highest BCUT2D eigenvalue weighted by Crippen LogP contribution is 2.41. The van der Waals surface area contributed by atoms with Gasteiger partial charge < -0.3 is 19.5 Å². The lowest BCUT2D eigenvalue weighted by Crippen LogP contribution is -2.42. The number of ether oxygens (including phenoxy) is 2. The number of aliphatic hydroxyl groups excluding tert-OH is 1. The minimum Gasteiger partial charge on any atom is -0.507 e. The Morgan fingerprint density at radius 3 is 2.59 bits per heavy atom. The van der Waals surface area contributed by atoms with Gasteiger partial charge in [0.05, 0.1) is 24.8 Å². The molecule has 0 saturated carbocycles. The fourth-order valence-electron chi connectivity index (χ4n) is 3.95. The number of rotatable bonds is 8. The Hall–Kier alpha value is -2.94. The summed E-state index contributed by atoms with van der Waals surface area (Å²) < 4.78 is 10.9. The number of carbonyl (C=O) groups excluding carboxylic acids is 2. The number of likely N-dealkylation sites (tertiary alicyclic amines) is 1. The molecule has 7 nitrogen and oxygen atoms in total. The van der Waals surface area contributed by atoms with Crippen LogP contribution < -0.4 is 4.74 Å². The van der Waals surface area contributed by atoms with E-state index in [9.17, 15) is 14.7 Å². The highest BCUT2D eigenvalue weighted by atomic mass is 32.1. The smallest absolute Gasteiger partial charge is 0.295 e. The largest absolute Gasteiger partial charge is 0.507 e. The lowest BCUT2D eigenvalue weighted by molar-refractivity contribution is -0.140. The van der Waals surface area contributed by atoms with Gasteiger partial charge in [-0.1, -0.05) is 18.7 Å². The van der Waals surface area contributed by atoms with Crippen LogP contribution in [0.2, 0.25) is 0 Å². The lowest BCUT2D eigenvalue weighted by atomic mass is 10.00. The Balaban J connectivity index is 1.64. The predicted octanol–water partition coefficient (Wildman–Crippen LogP) is 3.07. The van der Waals surface area contributed by atoms with E-state index in [2.05, 4.69) is 11.5 Å². The molecule has 1 amide bonds. The van der Waals surface area contributed by atoms with Crippen LogP contribution in [-0.4, -0.2) is 72.6 Å². The van der Waals surface area contributed by atoms with Crippen molar-refractivity contribution in [1.82, 2.24) is 9.80 Å². The van der Waals surface area contributed by atoms with Gasteiger partial charge in [0.1, 0.15) is 18.1 Å². The van der Waals surface area contributed by atoms with Gasteiger partial charge in [-0.2, -0.15) is 0 Å². The van der Waals surface area contributed by atoms with Crippen molar-refractivity contribution >= 4 is 28.8 Å². The monoisotopic (exact) mass is 454 g/mol. The maximum absolute atomic E-state index is 13.0. The second kappa shape index (κ2) is 10.1. The Morgan fingerprint density at radius 1 is 1.19 bits per heavy atom. The number of ketones is 1. The molecule has 2 fully saturated rings. The van der Waals surface area contributed by atoms with Crippen molar-refractivity contribution < 1.29 is 24.2 Å². The topological polar surface area (TPSA) is 79.3 Å². The summed E-state index contributed by atoms with van der Waals surface area (Å²) >= 11 is 1.46. The Labute approximate surface area is 191 Å². The molecule has 2 aromatic rings. The molecule has 1 unspecified atom stereocenters. The predicted molar refractivity (Wildman–Crippen MR) is 123 cm³/mol. The van der Waals surface area contributed by atoms with Gasteiger partial charge >= 0.3 is 0 Å². The average Bonchev–Trinajstić information content (AvgIpc) is 3.44. The van der Waals surface area contributed by atoms with Gasteiger partial charge in [0.25, 0.3) is 11.7 Å². The molecule has 0 bridgehead atoms. The molecule has 4 rings (SSSR count).